The number of benzene rings is 1. The zero-order valence-corrected chi connectivity index (χ0v) is 14.6. The van der Waals surface area contributed by atoms with Gasteiger partial charge in [-0.15, -0.1) is 18.2 Å². The summed E-state index contributed by atoms with van der Waals surface area (Å²) in [6, 6.07) is 8.28. The van der Waals surface area contributed by atoms with Gasteiger partial charge in [-0.25, -0.2) is 0 Å². The summed E-state index contributed by atoms with van der Waals surface area (Å²) in [5.41, 5.74) is 2.78. The number of fused-ring (bicyclic) bond motifs is 5. The number of nitrogens with one attached hydrogen (secondary N) is 1. The van der Waals surface area contributed by atoms with Crippen LogP contribution in [-0.4, -0.2) is 16.1 Å². The third-order valence-electron chi connectivity index (χ3n) is 6.38. The van der Waals surface area contributed by atoms with Gasteiger partial charge in [0.25, 0.3) is 0 Å². The molecule has 120 valence electrons. The summed E-state index contributed by atoms with van der Waals surface area (Å²) in [7, 11) is 0. The Labute approximate surface area is 141 Å². The van der Waals surface area contributed by atoms with E-state index in [9.17, 15) is 4.79 Å². The third kappa shape index (κ3) is 1.68. The van der Waals surface area contributed by atoms with Gasteiger partial charge < -0.3 is 4.98 Å². The number of rotatable bonds is 1. The first-order valence-corrected chi connectivity index (χ1v) is 8.69. The molecule has 0 saturated heterocycles. The number of hydrogen-bond donors (Lipinski definition) is 1. The number of hydrogen-bond acceptors (Lipinski definition) is 1. The van der Waals surface area contributed by atoms with E-state index in [-0.39, 0.29) is 28.4 Å². The molecule has 1 fully saturated rings. The highest BCUT2D eigenvalue weighted by Gasteiger charge is 2.59. The van der Waals surface area contributed by atoms with Gasteiger partial charge in [-0.1, -0.05) is 38.1 Å². The number of H-pyrrole nitrogens is 1. The second-order valence-electron chi connectivity index (χ2n) is 7.82. The first-order valence-electron chi connectivity index (χ1n) is 8.25. The van der Waals surface area contributed by atoms with Crippen molar-refractivity contribution in [1.29, 1.82) is 0 Å². The molecule has 1 aromatic carbocycles. The van der Waals surface area contributed by atoms with E-state index in [0.29, 0.717) is 0 Å². The van der Waals surface area contributed by atoms with E-state index in [1.54, 1.807) is 6.08 Å². The fraction of sp³-hybridized carbons (Fsp3) is 0.450. The Morgan fingerprint density at radius 2 is 2.00 bits per heavy atom. The van der Waals surface area contributed by atoms with E-state index in [2.05, 4.69) is 37.5 Å². The maximum Gasteiger partial charge on any atom is 0.151 e. The van der Waals surface area contributed by atoms with Crippen LogP contribution in [0.15, 0.2) is 36.9 Å². The number of Topliss-reactive ketones (excluding diaryl/α,β-unsaturated/α-hetero) is 1. The summed E-state index contributed by atoms with van der Waals surface area (Å²) in [6.45, 7) is 10.3. The summed E-state index contributed by atoms with van der Waals surface area (Å²) in [5.74, 6) is 0.380. The molecule has 1 saturated carbocycles. The van der Waals surface area contributed by atoms with Gasteiger partial charge in [0.2, 0.25) is 0 Å². The van der Waals surface area contributed by atoms with E-state index in [4.69, 9.17) is 11.6 Å². The van der Waals surface area contributed by atoms with Crippen molar-refractivity contribution in [3.63, 3.8) is 0 Å². The Hall–Kier alpha value is -1.54. The van der Waals surface area contributed by atoms with Crippen molar-refractivity contribution >= 4 is 28.3 Å². The van der Waals surface area contributed by atoms with Crippen LogP contribution in [-0.2, 0) is 10.2 Å². The van der Waals surface area contributed by atoms with Gasteiger partial charge in [-0.3, -0.25) is 4.79 Å². The molecule has 2 nitrogen and oxygen atoms in total. The number of para-hydroxylation sites is 1. The van der Waals surface area contributed by atoms with E-state index in [1.165, 1.54) is 16.6 Å². The summed E-state index contributed by atoms with van der Waals surface area (Å²) >= 11 is 6.64. The number of alkyl halides is 1. The summed E-state index contributed by atoms with van der Waals surface area (Å²) < 4.78 is 0. The van der Waals surface area contributed by atoms with E-state index < -0.39 is 5.41 Å². The average Bonchev–Trinajstić information content (AvgIpc) is 3.00. The number of carbonyl (C=O) groups is 1. The second kappa shape index (κ2) is 4.51. The average molecular weight is 328 g/mol. The van der Waals surface area contributed by atoms with E-state index >= 15 is 0 Å². The van der Waals surface area contributed by atoms with Crippen molar-refractivity contribution in [2.45, 2.75) is 43.9 Å². The van der Waals surface area contributed by atoms with Gasteiger partial charge in [-0.2, -0.15) is 0 Å². The molecule has 2 aliphatic carbocycles. The summed E-state index contributed by atoms with van der Waals surface area (Å²) in [6.07, 6.45) is 2.59. The van der Waals surface area contributed by atoms with Gasteiger partial charge in [0.05, 0.1) is 5.41 Å². The Morgan fingerprint density at radius 3 is 2.70 bits per heavy atom. The molecule has 1 aromatic heterocycles. The third-order valence-corrected chi connectivity index (χ3v) is 7.01. The minimum atomic E-state index is -0.654. The summed E-state index contributed by atoms with van der Waals surface area (Å²) in [5, 5.41) is 0.985. The predicted molar refractivity (Wildman–Crippen MR) is 95.1 cm³/mol. The number of aromatic amines is 1. The first-order chi connectivity index (χ1) is 10.8. The van der Waals surface area contributed by atoms with Gasteiger partial charge in [0.1, 0.15) is 0 Å². The van der Waals surface area contributed by atoms with Crippen molar-refractivity contribution in [3.05, 3.63) is 48.2 Å². The lowest BCUT2D eigenvalue weighted by molar-refractivity contribution is -0.131. The van der Waals surface area contributed by atoms with Crippen LogP contribution < -0.4 is 0 Å². The monoisotopic (exact) mass is 327 g/mol. The normalized spacial score (nSPS) is 35.1. The molecule has 23 heavy (non-hydrogen) atoms. The number of halogens is 1. The number of ketones is 1. The fourth-order valence-electron chi connectivity index (χ4n) is 4.73. The van der Waals surface area contributed by atoms with Crippen LogP contribution in [0.25, 0.3) is 10.9 Å². The van der Waals surface area contributed by atoms with Crippen LogP contribution in [0.4, 0.5) is 0 Å². The van der Waals surface area contributed by atoms with E-state index in [0.717, 1.165) is 11.9 Å². The Kier molecular flexibility index (Phi) is 2.94. The lowest BCUT2D eigenvalue weighted by Gasteiger charge is -2.44. The molecule has 4 atom stereocenters. The van der Waals surface area contributed by atoms with Crippen molar-refractivity contribution in [3.8, 4) is 0 Å². The van der Waals surface area contributed by atoms with Crippen molar-refractivity contribution in [1.82, 2.24) is 4.98 Å². The van der Waals surface area contributed by atoms with Gasteiger partial charge in [-0.05, 0) is 30.9 Å². The minimum Gasteiger partial charge on any atom is -0.358 e. The zero-order valence-electron chi connectivity index (χ0n) is 13.8. The molecule has 0 amide bonds. The van der Waals surface area contributed by atoms with Gasteiger partial charge in [0.15, 0.2) is 5.78 Å². The molecule has 4 rings (SSSR count). The lowest BCUT2D eigenvalue weighted by Crippen LogP contribution is -2.48. The molecule has 3 heteroatoms. The quantitative estimate of drug-likeness (QED) is 0.584. The van der Waals surface area contributed by atoms with Crippen LogP contribution in [0.3, 0.4) is 0 Å². The Balaban J connectivity index is 1.99. The highest BCUT2D eigenvalue weighted by Crippen LogP contribution is 2.60. The number of aromatic nitrogens is 1. The molecule has 2 aliphatic rings. The van der Waals surface area contributed by atoms with Gasteiger partial charge >= 0.3 is 0 Å². The lowest BCUT2D eigenvalue weighted by atomic mass is 9.61. The molecule has 2 aromatic rings. The van der Waals surface area contributed by atoms with E-state index in [1.807, 2.05) is 19.1 Å². The van der Waals surface area contributed by atoms with Crippen LogP contribution in [0.2, 0.25) is 0 Å². The maximum atomic E-state index is 13.4. The fourth-order valence-corrected chi connectivity index (χ4v) is 5.12. The smallest absolute Gasteiger partial charge is 0.151 e. The molecule has 0 bridgehead atoms. The molecule has 0 aliphatic heterocycles. The van der Waals surface area contributed by atoms with Crippen LogP contribution in [0.1, 0.15) is 44.4 Å². The number of allylic oxidation sites excluding steroid dienone is 1. The largest absolute Gasteiger partial charge is 0.358 e. The Bertz CT molecular complexity index is 833. The SMILES string of the molecule is C=C[C@]1(C)C(=O)[C@H]2c3c([nH]c4ccccc34)C(C)(C)[C@@H]2C[C@@H]1Cl. The van der Waals surface area contributed by atoms with Crippen molar-refractivity contribution in [2.24, 2.45) is 11.3 Å². The predicted octanol–water partition coefficient (Wildman–Crippen LogP) is 4.93. The Morgan fingerprint density at radius 1 is 1.30 bits per heavy atom. The minimum absolute atomic E-state index is 0.0790. The van der Waals surface area contributed by atoms with Gasteiger partial charge in [0, 0.05) is 33.3 Å². The highest BCUT2D eigenvalue weighted by atomic mass is 35.5. The standard InChI is InChI=1S/C20H22ClNO/c1-5-20(4)14(21)10-12-16(18(20)23)15-11-8-6-7-9-13(11)22-17(15)19(12,2)3/h5-9,12,14,16,22H,1,10H2,2-4H3/t12-,14+,16-,20+/m1/s1. The van der Waals surface area contributed by atoms with Crippen molar-refractivity contribution in [2.75, 3.05) is 0 Å². The van der Waals surface area contributed by atoms with Crippen LogP contribution in [0.5, 0.6) is 0 Å². The molecule has 0 unspecified atom stereocenters. The topological polar surface area (TPSA) is 32.9 Å². The van der Waals surface area contributed by atoms with Crippen molar-refractivity contribution < 1.29 is 4.79 Å². The zero-order chi connectivity index (χ0) is 16.6. The highest BCUT2D eigenvalue weighted by molar-refractivity contribution is 6.24. The second-order valence-corrected chi connectivity index (χ2v) is 8.35. The maximum absolute atomic E-state index is 13.4. The molecule has 0 radical (unpaired) electrons. The molecular formula is C20H22ClNO. The number of carbonyl (C=O) groups excluding carboxylic acids is 1. The molecular weight excluding hydrogens is 306 g/mol. The summed E-state index contributed by atoms with van der Waals surface area (Å²) in [4.78, 5) is 17.0. The first kappa shape index (κ1) is 15.0. The van der Waals surface area contributed by atoms with Crippen LogP contribution in [0, 0.1) is 11.3 Å². The van der Waals surface area contributed by atoms with Crippen LogP contribution >= 0.6 is 11.6 Å². The molecule has 1 N–H and O–H groups in total. The molecule has 1 heterocycles. The molecule has 0 spiro atoms.